The number of amides is 1. The van der Waals surface area contributed by atoms with Crippen LogP contribution in [-0.2, 0) is 4.79 Å². The zero-order chi connectivity index (χ0) is 21.4. The average molecular weight is 407 g/mol. The number of quaternary nitrogens is 1. The average Bonchev–Trinajstić information content (AvgIpc) is 3.12. The Morgan fingerprint density at radius 3 is 2.17 bits per heavy atom. The molecule has 3 atom stereocenters. The number of hydrogen-bond donors (Lipinski definition) is 2. The first-order valence-electron chi connectivity index (χ1n) is 12.3. The molecule has 0 aromatic heterocycles. The number of carbonyl (C=O) groups excluding carboxylic acids is 1. The molecule has 1 heterocycles. The predicted octanol–water partition coefficient (Wildman–Crippen LogP) is 6.35. The van der Waals surface area contributed by atoms with Gasteiger partial charge in [0.25, 0.3) is 0 Å². The van der Waals surface area contributed by atoms with Crippen molar-refractivity contribution in [3.8, 4) is 0 Å². The normalized spacial score (nSPS) is 22.1. The third kappa shape index (κ3) is 9.84. The lowest BCUT2D eigenvalue weighted by atomic mass is 10.1. The van der Waals surface area contributed by atoms with Gasteiger partial charge in [0.15, 0.2) is 12.3 Å². The maximum absolute atomic E-state index is 11.5. The van der Waals surface area contributed by atoms with E-state index in [0.29, 0.717) is 6.17 Å². The summed E-state index contributed by atoms with van der Waals surface area (Å²) in [6.07, 6.45) is 26.7. The fraction of sp³-hybridized carbons (Fsp3) is 0.800. The third-order valence-electron chi connectivity index (χ3n) is 6.39. The minimum absolute atomic E-state index is 0.0498. The van der Waals surface area contributed by atoms with E-state index in [1.165, 1.54) is 77.0 Å². The highest BCUT2D eigenvalue weighted by Gasteiger charge is 2.41. The van der Waals surface area contributed by atoms with Gasteiger partial charge in [-0.05, 0) is 39.0 Å². The van der Waals surface area contributed by atoms with Gasteiger partial charge < -0.3 is 10.6 Å². The molecule has 0 aromatic rings. The number of nitrogens with zero attached hydrogens (tertiary/aromatic N) is 1. The van der Waals surface area contributed by atoms with Crippen LogP contribution in [0.5, 0.6) is 0 Å². The summed E-state index contributed by atoms with van der Waals surface area (Å²) in [7, 11) is 0. The number of carbonyl (C=O) groups is 1. The lowest BCUT2D eigenvalue weighted by Gasteiger charge is -2.41. The van der Waals surface area contributed by atoms with Crippen molar-refractivity contribution >= 4 is 5.91 Å². The van der Waals surface area contributed by atoms with Crippen molar-refractivity contribution in [2.24, 2.45) is 0 Å². The highest BCUT2D eigenvalue weighted by atomic mass is 16.1. The second kappa shape index (κ2) is 15.5. The van der Waals surface area contributed by atoms with Gasteiger partial charge in [-0.1, -0.05) is 64.0 Å². The number of allylic oxidation sites excluding steroid dienone is 2. The van der Waals surface area contributed by atoms with Gasteiger partial charge in [0.05, 0.1) is 12.7 Å². The molecule has 1 aliphatic rings. The smallest absolute Gasteiger partial charge is 0.221 e. The maximum atomic E-state index is 11.5. The molecule has 0 spiro atoms. The summed E-state index contributed by atoms with van der Waals surface area (Å²) in [6.45, 7) is 9.19. The summed E-state index contributed by atoms with van der Waals surface area (Å²) in [4.78, 5) is 11.5. The van der Waals surface area contributed by atoms with Gasteiger partial charge in [-0.2, -0.15) is 0 Å². The molecule has 0 fully saturated rings. The largest absolute Gasteiger partial charge is 0.338 e. The molecule has 0 saturated heterocycles. The lowest BCUT2D eigenvalue weighted by Crippen LogP contribution is -2.62. The first-order valence-corrected chi connectivity index (χ1v) is 12.3. The van der Waals surface area contributed by atoms with E-state index in [-0.39, 0.29) is 12.1 Å². The molecule has 0 saturated carbocycles. The monoisotopic (exact) mass is 406 g/mol. The number of hydrogen-bond acceptors (Lipinski definition) is 2. The molecule has 1 aliphatic heterocycles. The lowest BCUT2D eigenvalue weighted by molar-refractivity contribution is -0.923. The maximum Gasteiger partial charge on any atom is 0.221 e. The molecule has 0 aromatic carbocycles. The Kier molecular flexibility index (Phi) is 13.8. The van der Waals surface area contributed by atoms with E-state index in [9.17, 15) is 4.79 Å². The van der Waals surface area contributed by atoms with Crippen molar-refractivity contribution < 1.29 is 9.28 Å². The van der Waals surface area contributed by atoms with E-state index in [1.54, 1.807) is 6.92 Å². The van der Waals surface area contributed by atoms with Gasteiger partial charge in [-0.25, -0.2) is 0 Å². The van der Waals surface area contributed by atoms with Crippen molar-refractivity contribution in [3.05, 3.63) is 24.6 Å². The molecular formula is C25H48N3O+. The van der Waals surface area contributed by atoms with Crippen LogP contribution in [0, 0.1) is 0 Å². The molecule has 4 heteroatoms. The SMILES string of the molecule is CCCCCC/C=C/CCCCCCCCC1NC=C[N+]1(CC)C(C)NC(C)=O. The third-order valence-corrected chi connectivity index (χ3v) is 6.39. The van der Waals surface area contributed by atoms with E-state index in [4.69, 9.17) is 0 Å². The molecule has 3 unspecified atom stereocenters. The number of nitrogens with one attached hydrogen (secondary N) is 2. The van der Waals surface area contributed by atoms with E-state index in [2.05, 4.69) is 56.0 Å². The summed E-state index contributed by atoms with van der Waals surface area (Å²) < 4.78 is 0.810. The highest BCUT2D eigenvalue weighted by molar-refractivity contribution is 5.72. The van der Waals surface area contributed by atoms with Crippen LogP contribution in [0.1, 0.15) is 111 Å². The highest BCUT2D eigenvalue weighted by Crippen LogP contribution is 2.26. The Morgan fingerprint density at radius 2 is 1.59 bits per heavy atom. The molecule has 29 heavy (non-hydrogen) atoms. The fourth-order valence-electron chi connectivity index (χ4n) is 4.50. The Labute approximate surface area is 180 Å². The summed E-state index contributed by atoms with van der Waals surface area (Å²) in [5, 5.41) is 6.63. The van der Waals surface area contributed by atoms with E-state index >= 15 is 0 Å². The number of unbranched alkanes of at least 4 members (excludes halogenated alkanes) is 10. The van der Waals surface area contributed by atoms with Gasteiger partial charge in [0.1, 0.15) is 6.20 Å². The van der Waals surface area contributed by atoms with Gasteiger partial charge in [-0.3, -0.25) is 9.28 Å². The van der Waals surface area contributed by atoms with Gasteiger partial charge in [-0.15, -0.1) is 0 Å². The summed E-state index contributed by atoms with van der Waals surface area (Å²) >= 11 is 0. The van der Waals surface area contributed by atoms with Crippen LogP contribution in [0.2, 0.25) is 0 Å². The zero-order valence-electron chi connectivity index (χ0n) is 19.7. The summed E-state index contributed by atoms with van der Waals surface area (Å²) in [6, 6.07) is 0. The quantitative estimate of drug-likeness (QED) is 0.168. The first-order chi connectivity index (χ1) is 14.1. The molecule has 4 nitrogen and oxygen atoms in total. The van der Waals surface area contributed by atoms with Crippen LogP contribution in [-0.4, -0.2) is 29.3 Å². The van der Waals surface area contributed by atoms with Crippen molar-refractivity contribution in [3.63, 3.8) is 0 Å². The van der Waals surface area contributed by atoms with Crippen LogP contribution < -0.4 is 10.6 Å². The Balaban J connectivity index is 2.09. The van der Waals surface area contributed by atoms with Crippen LogP contribution >= 0.6 is 0 Å². The van der Waals surface area contributed by atoms with Crippen LogP contribution in [0.4, 0.5) is 0 Å². The van der Waals surface area contributed by atoms with Crippen LogP contribution in [0.3, 0.4) is 0 Å². The molecule has 1 amide bonds. The van der Waals surface area contributed by atoms with E-state index < -0.39 is 0 Å². The van der Waals surface area contributed by atoms with Gasteiger partial charge >= 0.3 is 0 Å². The second-order valence-corrected chi connectivity index (χ2v) is 8.71. The summed E-state index contributed by atoms with van der Waals surface area (Å²) in [5.74, 6) is 0.0498. The van der Waals surface area contributed by atoms with E-state index in [1.807, 2.05) is 0 Å². The zero-order valence-corrected chi connectivity index (χ0v) is 19.7. The second-order valence-electron chi connectivity index (χ2n) is 8.71. The molecular weight excluding hydrogens is 358 g/mol. The molecule has 2 N–H and O–H groups in total. The fourth-order valence-corrected chi connectivity index (χ4v) is 4.50. The Bertz CT molecular complexity index is 488. The van der Waals surface area contributed by atoms with Gasteiger partial charge in [0, 0.05) is 20.3 Å². The van der Waals surface area contributed by atoms with Crippen molar-refractivity contribution in [1.29, 1.82) is 0 Å². The molecule has 168 valence electrons. The van der Waals surface area contributed by atoms with Crippen molar-refractivity contribution in [1.82, 2.24) is 10.6 Å². The van der Waals surface area contributed by atoms with Gasteiger partial charge in [0.2, 0.25) is 5.91 Å². The molecule has 0 aliphatic carbocycles. The van der Waals surface area contributed by atoms with Crippen LogP contribution in [0.15, 0.2) is 24.6 Å². The molecule has 1 rings (SSSR count). The predicted molar refractivity (Wildman–Crippen MR) is 125 cm³/mol. The Morgan fingerprint density at radius 1 is 1.00 bits per heavy atom. The minimum Gasteiger partial charge on any atom is -0.338 e. The molecule has 0 bridgehead atoms. The number of rotatable bonds is 17. The van der Waals surface area contributed by atoms with E-state index in [0.717, 1.165) is 17.4 Å². The topological polar surface area (TPSA) is 41.1 Å². The standard InChI is InChI=1S/C25H47N3O/c1-5-7-8-9-10-11-12-13-14-15-16-17-18-19-20-25-26-21-22-28(25,6-2)23(3)27-24(4)29/h11-12,21-23,25-26H,5-10,13-20H2,1-4H3/p+1/b12-11+. The molecule has 0 radical (unpaired) electrons. The first kappa shape index (κ1) is 25.7. The van der Waals surface area contributed by atoms with Crippen LogP contribution in [0.25, 0.3) is 0 Å². The minimum atomic E-state index is 0.0498. The van der Waals surface area contributed by atoms with Crippen molar-refractivity contribution in [2.75, 3.05) is 6.54 Å². The Hall–Kier alpha value is -1.29. The van der Waals surface area contributed by atoms with Crippen molar-refractivity contribution in [2.45, 2.75) is 123 Å². The summed E-state index contributed by atoms with van der Waals surface area (Å²) in [5.41, 5.74) is 0.